The number of nitrogens with two attached hydrogens (primary N) is 1. The summed E-state index contributed by atoms with van der Waals surface area (Å²) in [4.78, 5) is 0. The first-order valence-electron chi connectivity index (χ1n) is 6.30. The first-order valence-corrected chi connectivity index (χ1v) is 6.30. The maximum absolute atomic E-state index is 14.4. The van der Waals surface area contributed by atoms with Gasteiger partial charge in [-0.25, -0.2) is 4.39 Å². The molecular formula is C14H18FNO2. The van der Waals surface area contributed by atoms with E-state index in [2.05, 4.69) is 0 Å². The average molecular weight is 251 g/mol. The van der Waals surface area contributed by atoms with Crippen LogP contribution in [0.15, 0.2) is 12.1 Å². The molecule has 0 unspecified atom stereocenters. The van der Waals surface area contributed by atoms with Crippen LogP contribution in [0.25, 0.3) is 0 Å². The first kappa shape index (κ1) is 11.8. The van der Waals surface area contributed by atoms with E-state index >= 15 is 0 Å². The highest BCUT2D eigenvalue weighted by Gasteiger charge is 2.47. The van der Waals surface area contributed by atoms with Crippen LogP contribution in [-0.4, -0.2) is 13.3 Å². The molecule has 98 valence electrons. The SMILES string of the molecule is CC(C)(F)c1cc2c(cc1C1(CN)CC1)OCO2. The first-order chi connectivity index (χ1) is 8.46. The van der Waals surface area contributed by atoms with E-state index in [0.29, 0.717) is 23.6 Å². The molecule has 0 radical (unpaired) electrons. The Labute approximate surface area is 106 Å². The molecule has 1 fully saturated rings. The van der Waals surface area contributed by atoms with Gasteiger partial charge in [-0.2, -0.15) is 0 Å². The van der Waals surface area contributed by atoms with Crippen molar-refractivity contribution in [1.82, 2.24) is 0 Å². The second-order valence-electron chi connectivity index (χ2n) is 5.71. The van der Waals surface area contributed by atoms with Gasteiger partial charge in [0.15, 0.2) is 11.5 Å². The van der Waals surface area contributed by atoms with E-state index in [1.54, 1.807) is 19.9 Å². The molecule has 1 saturated carbocycles. The smallest absolute Gasteiger partial charge is 0.231 e. The molecule has 1 aromatic carbocycles. The van der Waals surface area contributed by atoms with Crippen LogP contribution < -0.4 is 15.2 Å². The summed E-state index contributed by atoms with van der Waals surface area (Å²) in [5.41, 5.74) is 6.07. The predicted octanol–water partition coefficient (Wildman–Crippen LogP) is 2.61. The zero-order valence-corrected chi connectivity index (χ0v) is 10.8. The van der Waals surface area contributed by atoms with E-state index in [9.17, 15) is 4.39 Å². The quantitative estimate of drug-likeness (QED) is 0.898. The topological polar surface area (TPSA) is 44.5 Å². The van der Waals surface area contributed by atoms with Gasteiger partial charge in [-0.3, -0.25) is 0 Å². The standard InChI is InChI=1S/C14H18FNO2/c1-13(2,15)9-5-11-12(18-8-17-11)6-10(9)14(7-16)3-4-14/h5-6H,3-4,7-8,16H2,1-2H3. The van der Waals surface area contributed by atoms with Gasteiger partial charge < -0.3 is 15.2 Å². The lowest BCUT2D eigenvalue weighted by Gasteiger charge is -2.24. The number of benzene rings is 1. The van der Waals surface area contributed by atoms with Crippen molar-refractivity contribution in [2.24, 2.45) is 5.73 Å². The van der Waals surface area contributed by atoms with Gasteiger partial charge in [-0.15, -0.1) is 0 Å². The van der Waals surface area contributed by atoms with Crippen LogP contribution in [0.4, 0.5) is 4.39 Å². The molecule has 18 heavy (non-hydrogen) atoms. The maximum Gasteiger partial charge on any atom is 0.231 e. The third-order valence-electron chi connectivity index (χ3n) is 3.97. The third-order valence-corrected chi connectivity index (χ3v) is 3.97. The van der Waals surface area contributed by atoms with Crippen LogP contribution in [0, 0.1) is 0 Å². The highest BCUT2D eigenvalue weighted by Crippen LogP contribution is 2.53. The Bertz CT molecular complexity index is 489. The molecule has 3 rings (SSSR count). The molecule has 1 aliphatic carbocycles. The fourth-order valence-electron chi connectivity index (χ4n) is 2.61. The fraction of sp³-hybridized carbons (Fsp3) is 0.571. The molecule has 3 nitrogen and oxygen atoms in total. The number of fused-ring (bicyclic) bond motifs is 1. The molecule has 4 heteroatoms. The van der Waals surface area contributed by atoms with Crippen molar-refractivity contribution in [1.29, 1.82) is 0 Å². The van der Waals surface area contributed by atoms with Crippen LogP contribution >= 0.6 is 0 Å². The Morgan fingerprint density at radius 2 is 1.89 bits per heavy atom. The van der Waals surface area contributed by atoms with Crippen LogP contribution in [0.3, 0.4) is 0 Å². The summed E-state index contributed by atoms with van der Waals surface area (Å²) >= 11 is 0. The minimum absolute atomic E-state index is 0.0559. The van der Waals surface area contributed by atoms with Gasteiger partial charge in [0.2, 0.25) is 6.79 Å². The Kier molecular flexibility index (Phi) is 2.36. The molecule has 0 bridgehead atoms. The number of halogens is 1. The molecule has 2 aliphatic rings. The highest BCUT2D eigenvalue weighted by molar-refractivity contribution is 5.54. The van der Waals surface area contributed by atoms with Crippen LogP contribution in [0.5, 0.6) is 11.5 Å². The van der Waals surface area contributed by atoms with E-state index < -0.39 is 5.67 Å². The lowest BCUT2D eigenvalue weighted by molar-refractivity contribution is 0.173. The second kappa shape index (κ2) is 3.60. The van der Waals surface area contributed by atoms with E-state index in [1.807, 2.05) is 6.07 Å². The van der Waals surface area contributed by atoms with Gasteiger partial charge >= 0.3 is 0 Å². The number of hydrogen-bond donors (Lipinski definition) is 1. The Morgan fingerprint density at radius 3 is 2.39 bits per heavy atom. The van der Waals surface area contributed by atoms with Gasteiger partial charge in [-0.05, 0) is 49.9 Å². The molecular weight excluding hydrogens is 233 g/mol. The molecule has 1 aliphatic heterocycles. The van der Waals surface area contributed by atoms with E-state index in [-0.39, 0.29) is 12.2 Å². The Morgan fingerprint density at radius 1 is 1.28 bits per heavy atom. The molecule has 0 amide bonds. The zero-order valence-electron chi connectivity index (χ0n) is 10.8. The summed E-state index contributed by atoms with van der Waals surface area (Å²) in [6, 6.07) is 3.69. The summed E-state index contributed by atoms with van der Waals surface area (Å²) in [5, 5.41) is 0. The number of alkyl halides is 1. The van der Waals surface area contributed by atoms with Crippen LogP contribution in [0.2, 0.25) is 0 Å². The Hall–Kier alpha value is -1.29. The van der Waals surface area contributed by atoms with Crippen molar-refractivity contribution in [3.8, 4) is 11.5 Å². The van der Waals surface area contributed by atoms with E-state index in [4.69, 9.17) is 15.2 Å². The molecule has 1 aromatic rings. The van der Waals surface area contributed by atoms with Gasteiger partial charge in [0, 0.05) is 12.0 Å². The van der Waals surface area contributed by atoms with Crippen molar-refractivity contribution in [3.63, 3.8) is 0 Å². The van der Waals surface area contributed by atoms with E-state index in [0.717, 1.165) is 18.4 Å². The van der Waals surface area contributed by atoms with Crippen LogP contribution in [-0.2, 0) is 11.1 Å². The molecule has 2 N–H and O–H groups in total. The summed E-state index contributed by atoms with van der Waals surface area (Å²) in [6.07, 6.45) is 2.04. The number of ether oxygens (including phenoxy) is 2. The highest BCUT2D eigenvalue weighted by atomic mass is 19.1. The average Bonchev–Trinajstić information content (AvgIpc) is 2.98. The van der Waals surface area contributed by atoms with Gasteiger partial charge in [-0.1, -0.05) is 0 Å². The van der Waals surface area contributed by atoms with Gasteiger partial charge in [0.05, 0.1) is 0 Å². The molecule has 1 heterocycles. The molecule has 0 atom stereocenters. The minimum atomic E-state index is -1.40. The normalized spacial score (nSPS) is 20.0. The summed E-state index contributed by atoms with van der Waals surface area (Å²) in [7, 11) is 0. The van der Waals surface area contributed by atoms with Crippen molar-refractivity contribution in [2.75, 3.05) is 13.3 Å². The van der Waals surface area contributed by atoms with Crippen LogP contribution in [0.1, 0.15) is 37.8 Å². The fourth-order valence-corrected chi connectivity index (χ4v) is 2.61. The second-order valence-corrected chi connectivity index (χ2v) is 5.71. The minimum Gasteiger partial charge on any atom is -0.454 e. The predicted molar refractivity (Wildman–Crippen MR) is 66.7 cm³/mol. The number of rotatable bonds is 3. The van der Waals surface area contributed by atoms with E-state index in [1.165, 1.54) is 0 Å². The summed E-state index contributed by atoms with van der Waals surface area (Å²) in [6.45, 7) is 3.90. The maximum atomic E-state index is 14.4. The number of hydrogen-bond acceptors (Lipinski definition) is 3. The molecule has 0 spiro atoms. The van der Waals surface area contributed by atoms with Gasteiger partial charge in [0.25, 0.3) is 0 Å². The van der Waals surface area contributed by atoms with Crippen molar-refractivity contribution < 1.29 is 13.9 Å². The van der Waals surface area contributed by atoms with Crippen molar-refractivity contribution in [2.45, 2.75) is 37.8 Å². The Balaban J connectivity index is 2.17. The zero-order chi connectivity index (χ0) is 13.0. The van der Waals surface area contributed by atoms with Gasteiger partial charge in [0.1, 0.15) is 5.67 Å². The summed E-state index contributed by atoms with van der Waals surface area (Å²) in [5.74, 6) is 1.34. The lowest BCUT2D eigenvalue weighted by atomic mass is 9.85. The summed E-state index contributed by atoms with van der Waals surface area (Å²) < 4.78 is 25.1. The largest absolute Gasteiger partial charge is 0.454 e. The lowest BCUT2D eigenvalue weighted by Crippen LogP contribution is -2.24. The molecule has 0 saturated heterocycles. The van der Waals surface area contributed by atoms with Crippen molar-refractivity contribution >= 4 is 0 Å². The monoisotopic (exact) mass is 251 g/mol. The molecule has 0 aromatic heterocycles. The van der Waals surface area contributed by atoms with Crippen molar-refractivity contribution in [3.05, 3.63) is 23.3 Å². The third kappa shape index (κ3) is 1.67.